The van der Waals surface area contributed by atoms with E-state index in [0.29, 0.717) is 22.7 Å². The molecule has 0 spiro atoms. The second-order valence-electron chi connectivity index (χ2n) is 6.94. The van der Waals surface area contributed by atoms with Gasteiger partial charge in [0.05, 0.1) is 41.0 Å². The van der Waals surface area contributed by atoms with E-state index in [0.717, 1.165) is 0 Å². The topological polar surface area (TPSA) is 108 Å². The average molecular weight is 467 g/mol. The molecule has 0 aliphatic heterocycles. The maximum Gasteiger partial charge on any atom is 0.232 e. The van der Waals surface area contributed by atoms with Crippen molar-refractivity contribution in [3.05, 3.63) is 65.1 Å². The second kappa shape index (κ2) is 9.53. The molecule has 11 heteroatoms. The SMILES string of the molecule is CCCS(=O)(=O)Nc1cc(F)c(F)c(C(=O)c2ccc3ncc(NCCO)cc3c2)c1F. The average Bonchev–Trinajstić information content (AvgIpc) is 2.75. The Morgan fingerprint density at radius 1 is 1.12 bits per heavy atom. The highest BCUT2D eigenvalue weighted by Crippen LogP contribution is 2.28. The molecule has 0 atom stereocenters. The highest BCUT2D eigenvalue weighted by atomic mass is 32.2. The van der Waals surface area contributed by atoms with Gasteiger partial charge in [0.25, 0.3) is 0 Å². The first-order valence-corrected chi connectivity index (χ1v) is 11.3. The van der Waals surface area contributed by atoms with Crippen LogP contribution in [0.25, 0.3) is 10.9 Å². The van der Waals surface area contributed by atoms with E-state index in [1.54, 1.807) is 13.0 Å². The molecule has 0 saturated heterocycles. The number of halogens is 3. The summed E-state index contributed by atoms with van der Waals surface area (Å²) in [6.07, 6.45) is 1.73. The first kappa shape index (κ1) is 23.5. The Labute approximate surface area is 182 Å². The van der Waals surface area contributed by atoms with E-state index < -0.39 is 44.5 Å². The lowest BCUT2D eigenvalue weighted by atomic mass is 9.99. The lowest BCUT2D eigenvalue weighted by molar-refractivity contribution is 0.103. The number of fused-ring (bicyclic) bond motifs is 1. The highest BCUT2D eigenvalue weighted by molar-refractivity contribution is 7.92. The Hall–Kier alpha value is -3.18. The summed E-state index contributed by atoms with van der Waals surface area (Å²) in [5.41, 5.74) is -1.17. The van der Waals surface area contributed by atoms with Gasteiger partial charge in [0.15, 0.2) is 23.2 Å². The molecule has 7 nitrogen and oxygen atoms in total. The number of aromatic nitrogens is 1. The third-order valence-corrected chi connectivity index (χ3v) is 5.98. The molecule has 3 aromatic rings. The Kier molecular flexibility index (Phi) is 6.99. The number of aliphatic hydroxyl groups is 1. The summed E-state index contributed by atoms with van der Waals surface area (Å²) in [5.74, 6) is -6.32. The maximum absolute atomic E-state index is 14.9. The molecule has 1 heterocycles. The second-order valence-corrected chi connectivity index (χ2v) is 8.78. The number of ketones is 1. The number of anilines is 2. The number of hydrogen-bond donors (Lipinski definition) is 3. The summed E-state index contributed by atoms with van der Waals surface area (Å²) >= 11 is 0. The fourth-order valence-electron chi connectivity index (χ4n) is 3.08. The standard InChI is InChI=1S/C21H20F3N3O4S/c1-2-7-32(30,31)27-17-10-15(22)19(23)18(20(17)24)21(29)12-3-4-16-13(8-12)9-14(11-26-16)25-5-6-28/h3-4,8-11,25,27-28H,2,5-7H2,1H3. The van der Waals surface area contributed by atoms with Crippen LogP contribution < -0.4 is 10.0 Å². The van der Waals surface area contributed by atoms with Crippen LogP contribution in [0.2, 0.25) is 0 Å². The Morgan fingerprint density at radius 3 is 2.56 bits per heavy atom. The third-order valence-electron chi connectivity index (χ3n) is 4.51. The number of aliphatic hydroxyl groups excluding tert-OH is 1. The van der Waals surface area contributed by atoms with Crippen LogP contribution in [-0.2, 0) is 10.0 Å². The highest BCUT2D eigenvalue weighted by Gasteiger charge is 2.27. The van der Waals surface area contributed by atoms with Crippen molar-refractivity contribution in [3.8, 4) is 0 Å². The van der Waals surface area contributed by atoms with Crippen molar-refractivity contribution < 1.29 is 31.5 Å². The molecule has 0 aliphatic rings. The van der Waals surface area contributed by atoms with Crippen LogP contribution in [0.5, 0.6) is 0 Å². The fraction of sp³-hybridized carbons (Fsp3) is 0.238. The smallest absolute Gasteiger partial charge is 0.232 e. The van der Waals surface area contributed by atoms with E-state index in [1.165, 1.54) is 24.4 Å². The predicted molar refractivity (Wildman–Crippen MR) is 115 cm³/mol. The molecule has 2 aromatic carbocycles. The van der Waals surface area contributed by atoms with Gasteiger partial charge in [-0.25, -0.2) is 21.6 Å². The summed E-state index contributed by atoms with van der Waals surface area (Å²) < 4.78 is 69.2. The number of carbonyl (C=O) groups excluding carboxylic acids is 1. The molecule has 0 saturated carbocycles. The van der Waals surface area contributed by atoms with Crippen LogP contribution in [0.3, 0.4) is 0 Å². The molecule has 32 heavy (non-hydrogen) atoms. The number of rotatable bonds is 9. The van der Waals surface area contributed by atoms with E-state index in [-0.39, 0.29) is 30.9 Å². The minimum atomic E-state index is -4.01. The molecule has 0 unspecified atom stereocenters. The molecule has 0 radical (unpaired) electrons. The first-order valence-electron chi connectivity index (χ1n) is 9.64. The molecule has 0 amide bonds. The lowest BCUT2D eigenvalue weighted by Gasteiger charge is -2.13. The van der Waals surface area contributed by atoms with E-state index in [4.69, 9.17) is 5.11 Å². The lowest BCUT2D eigenvalue weighted by Crippen LogP contribution is -2.19. The van der Waals surface area contributed by atoms with E-state index in [2.05, 4.69) is 10.3 Å². The van der Waals surface area contributed by atoms with Crippen molar-refractivity contribution in [2.45, 2.75) is 13.3 Å². The van der Waals surface area contributed by atoms with Crippen LogP contribution in [0.1, 0.15) is 29.3 Å². The quantitative estimate of drug-likeness (QED) is 0.329. The molecule has 3 N–H and O–H groups in total. The number of nitrogens with zero attached hydrogens (tertiary/aromatic N) is 1. The van der Waals surface area contributed by atoms with Gasteiger partial charge in [0.2, 0.25) is 10.0 Å². The van der Waals surface area contributed by atoms with Crippen molar-refractivity contribution in [3.63, 3.8) is 0 Å². The maximum atomic E-state index is 14.9. The van der Waals surface area contributed by atoms with Gasteiger partial charge in [-0.1, -0.05) is 6.92 Å². The van der Waals surface area contributed by atoms with Gasteiger partial charge in [-0.05, 0) is 30.7 Å². The number of carbonyl (C=O) groups is 1. The van der Waals surface area contributed by atoms with E-state index in [9.17, 15) is 26.4 Å². The first-order chi connectivity index (χ1) is 15.2. The van der Waals surface area contributed by atoms with Crippen LogP contribution in [0.15, 0.2) is 36.5 Å². The Bertz CT molecular complexity index is 1280. The third kappa shape index (κ3) is 5.00. The van der Waals surface area contributed by atoms with Gasteiger partial charge in [-0.2, -0.15) is 0 Å². The number of benzene rings is 2. The summed E-state index contributed by atoms with van der Waals surface area (Å²) in [7, 11) is -4.01. The van der Waals surface area contributed by atoms with E-state index >= 15 is 0 Å². The molecular formula is C21H20F3N3O4S. The van der Waals surface area contributed by atoms with Crippen molar-refractivity contribution >= 4 is 38.1 Å². The Morgan fingerprint density at radius 2 is 1.88 bits per heavy atom. The van der Waals surface area contributed by atoms with Gasteiger partial charge in [0, 0.05) is 23.6 Å². The minimum Gasteiger partial charge on any atom is -0.395 e. The van der Waals surface area contributed by atoms with Crippen LogP contribution >= 0.6 is 0 Å². The zero-order chi connectivity index (χ0) is 23.5. The number of hydrogen-bond acceptors (Lipinski definition) is 6. The van der Waals surface area contributed by atoms with Gasteiger partial charge < -0.3 is 10.4 Å². The zero-order valence-corrected chi connectivity index (χ0v) is 17.8. The molecule has 0 bridgehead atoms. The predicted octanol–water partition coefficient (Wildman–Crippen LogP) is 3.44. The van der Waals surface area contributed by atoms with Crippen molar-refractivity contribution in [2.75, 3.05) is 28.9 Å². The zero-order valence-electron chi connectivity index (χ0n) is 17.0. The number of sulfonamides is 1. The van der Waals surface area contributed by atoms with Crippen LogP contribution in [0.4, 0.5) is 24.5 Å². The van der Waals surface area contributed by atoms with Gasteiger partial charge >= 0.3 is 0 Å². The molecule has 0 fully saturated rings. The van der Waals surface area contributed by atoms with Crippen LogP contribution in [0, 0.1) is 17.5 Å². The number of nitrogens with one attached hydrogen (secondary N) is 2. The summed E-state index contributed by atoms with van der Waals surface area (Å²) in [5, 5.41) is 12.3. The summed E-state index contributed by atoms with van der Waals surface area (Å²) in [6.45, 7) is 1.73. The Balaban J connectivity index is 2.05. The molecule has 0 aliphatic carbocycles. The van der Waals surface area contributed by atoms with E-state index in [1.807, 2.05) is 4.72 Å². The van der Waals surface area contributed by atoms with Gasteiger partial charge in [-0.3, -0.25) is 14.5 Å². The van der Waals surface area contributed by atoms with Gasteiger partial charge in [-0.15, -0.1) is 0 Å². The molecule has 3 rings (SSSR count). The van der Waals surface area contributed by atoms with Crippen molar-refractivity contribution in [2.24, 2.45) is 0 Å². The molecule has 170 valence electrons. The van der Waals surface area contributed by atoms with Crippen molar-refractivity contribution in [1.82, 2.24) is 4.98 Å². The monoisotopic (exact) mass is 467 g/mol. The van der Waals surface area contributed by atoms with Gasteiger partial charge in [0.1, 0.15) is 0 Å². The minimum absolute atomic E-state index is 0.112. The van der Waals surface area contributed by atoms with Crippen LogP contribution in [-0.4, -0.2) is 43.2 Å². The largest absolute Gasteiger partial charge is 0.395 e. The normalized spacial score (nSPS) is 11.5. The van der Waals surface area contributed by atoms with Crippen molar-refractivity contribution in [1.29, 1.82) is 0 Å². The molecule has 1 aromatic heterocycles. The molecular weight excluding hydrogens is 447 g/mol. The fourth-order valence-corrected chi connectivity index (χ4v) is 4.20. The number of pyridine rings is 1. The summed E-state index contributed by atoms with van der Waals surface area (Å²) in [4.78, 5) is 17.1. The summed E-state index contributed by atoms with van der Waals surface area (Å²) in [6, 6.07) is 6.05.